The second kappa shape index (κ2) is 7.38. The third-order valence-corrected chi connectivity index (χ3v) is 5.17. The molecule has 26 heavy (non-hydrogen) atoms. The number of benzene rings is 2. The van der Waals surface area contributed by atoms with Crippen molar-refractivity contribution >= 4 is 5.91 Å². The zero-order valence-electron chi connectivity index (χ0n) is 14.6. The normalized spacial score (nSPS) is 21.0. The van der Waals surface area contributed by atoms with Crippen LogP contribution in [0.3, 0.4) is 0 Å². The van der Waals surface area contributed by atoms with E-state index in [1.54, 1.807) is 0 Å². The van der Waals surface area contributed by atoms with Gasteiger partial charge in [0.05, 0.1) is 12.0 Å². The van der Waals surface area contributed by atoms with Crippen molar-refractivity contribution in [1.29, 1.82) is 0 Å². The lowest BCUT2D eigenvalue weighted by atomic mass is 9.73. The number of para-hydroxylation sites is 2. The van der Waals surface area contributed by atoms with E-state index in [9.17, 15) is 4.79 Å². The van der Waals surface area contributed by atoms with Crippen LogP contribution in [-0.4, -0.2) is 38.4 Å². The summed E-state index contributed by atoms with van der Waals surface area (Å²) in [7, 11) is 0. The molecule has 1 amide bonds. The topological polar surface area (TPSA) is 56.8 Å². The molecule has 2 heterocycles. The van der Waals surface area contributed by atoms with Crippen LogP contribution in [0.4, 0.5) is 0 Å². The Kier molecular flexibility index (Phi) is 4.80. The molecule has 1 saturated heterocycles. The Balaban J connectivity index is 1.45. The van der Waals surface area contributed by atoms with Crippen LogP contribution in [0.5, 0.6) is 11.5 Å². The van der Waals surface area contributed by atoms with Gasteiger partial charge in [0.15, 0.2) is 11.5 Å². The Morgan fingerprint density at radius 3 is 2.46 bits per heavy atom. The van der Waals surface area contributed by atoms with Gasteiger partial charge in [-0.2, -0.15) is 0 Å². The van der Waals surface area contributed by atoms with Crippen LogP contribution in [0.1, 0.15) is 18.4 Å². The van der Waals surface area contributed by atoms with Crippen LogP contribution in [0, 0.1) is 0 Å². The largest absolute Gasteiger partial charge is 0.486 e. The highest BCUT2D eigenvalue weighted by Crippen LogP contribution is 2.35. The zero-order chi connectivity index (χ0) is 17.8. The fraction of sp³-hybridized carbons (Fsp3) is 0.381. The number of rotatable bonds is 4. The number of fused-ring (bicyclic) bond motifs is 1. The quantitative estimate of drug-likeness (QED) is 0.918. The van der Waals surface area contributed by atoms with Crippen molar-refractivity contribution < 1.29 is 19.0 Å². The molecule has 5 heteroatoms. The van der Waals surface area contributed by atoms with Gasteiger partial charge in [-0.15, -0.1) is 0 Å². The molecular formula is C21H23NO4. The minimum Gasteiger partial charge on any atom is -0.486 e. The molecule has 1 N–H and O–H groups in total. The summed E-state index contributed by atoms with van der Waals surface area (Å²) in [5, 5.41) is 3.09. The van der Waals surface area contributed by atoms with Gasteiger partial charge in [-0.1, -0.05) is 42.5 Å². The fourth-order valence-electron chi connectivity index (χ4n) is 3.66. The standard InChI is InChI=1S/C21H23NO4/c23-20(21(10-12-24-13-11-21)16-6-2-1-3-7-16)22-14-17-15-25-18-8-4-5-9-19(18)26-17/h1-9,17H,10-15H2,(H,22,23)/t17-/m0/s1. The number of carbonyl (C=O) groups is 1. The summed E-state index contributed by atoms with van der Waals surface area (Å²) in [6.45, 7) is 2.04. The van der Waals surface area contributed by atoms with Crippen molar-refractivity contribution in [2.45, 2.75) is 24.4 Å². The SMILES string of the molecule is O=C(NC[C@H]1COc2ccccc2O1)C1(c2ccccc2)CCOCC1. The maximum absolute atomic E-state index is 13.1. The summed E-state index contributed by atoms with van der Waals surface area (Å²) in [5.74, 6) is 1.51. The van der Waals surface area contributed by atoms with E-state index < -0.39 is 5.41 Å². The molecule has 2 aromatic carbocycles. The third kappa shape index (κ3) is 3.27. The Hall–Kier alpha value is -2.53. The van der Waals surface area contributed by atoms with Crippen molar-refractivity contribution in [1.82, 2.24) is 5.32 Å². The van der Waals surface area contributed by atoms with Gasteiger partial charge in [0.2, 0.25) is 5.91 Å². The first-order valence-electron chi connectivity index (χ1n) is 9.08. The zero-order valence-corrected chi connectivity index (χ0v) is 14.6. The Morgan fingerprint density at radius 1 is 1.00 bits per heavy atom. The number of hydrogen-bond donors (Lipinski definition) is 1. The van der Waals surface area contributed by atoms with Crippen molar-refractivity contribution in [2.24, 2.45) is 0 Å². The third-order valence-electron chi connectivity index (χ3n) is 5.17. The van der Waals surface area contributed by atoms with E-state index in [4.69, 9.17) is 14.2 Å². The molecule has 136 valence electrons. The van der Waals surface area contributed by atoms with Crippen molar-refractivity contribution in [3.05, 3.63) is 60.2 Å². The minimum absolute atomic E-state index is 0.0365. The Bertz CT molecular complexity index is 756. The van der Waals surface area contributed by atoms with E-state index in [2.05, 4.69) is 5.32 Å². The van der Waals surface area contributed by atoms with Crippen LogP contribution in [0.2, 0.25) is 0 Å². The van der Waals surface area contributed by atoms with Crippen LogP contribution in [0.25, 0.3) is 0 Å². The highest BCUT2D eigenvalue weighted by molar-refractivity contribution is 5.88. The molecule has 0 aromatic heterocycles. The molecule has 2 aliphatic rings. The number of amides is 1. The Labute approximate surface area is 153 Å². The van der Waals surface area contributed by atoms with E-state index in [1.165, 1.54) is 0 Å². The maximum Gasteiger partial charge on any atom is 0.230 e. The molecule has 0 bridgehead atoms. The minimum atomic E-state index is -0.535. The number of nitrogens with one attached hydrogen (secondary N) is 1. The van der Waals surface area contributed by atoms with Gasteiger partial charge in [-0.05, 0) is 30.5 Å². The first-order valence-corrected chi connectivity index (χ1v) is 9.08. The predicted octanol–water partition coefficient (Wildman–Crippen LogP) is 2.69. The van der Waals surface area contributed by atoms with E-state index in [0.717, 1.165) is 17.1 Å². The molecule has 2 aromatic rings. The van der Waals surface area contributed by atoms with E-state index in [-0.39, 0.29) is 12.0 Å². The molecule has 0 spiro atoms. The van der Waals surface area contributed by atoms with Crippen LogP contribution in [0.15, 0.2) is 54.6 Å². The highest BCUT2D eigenvalue weighted by Gasteiger charge is 2.41. The number of carbonyl (C=O) groups excluding carboxylic acids is 1. The molecule has 4 rings (SSSR count). The second-order valence-electron chi connectivity index (χ2n) is 6.77. The Morgan fingerprint density at radius 2 is 1.69 bits per heavy atom. The van der Waals surface area contributed by atoms with Crippen molar-refractivity contribution in [2.75, 3.05) is 26.4 Å². The van der Waals surface area contributed by atoms with E-state index >= 15 is 0 Å². The molecular weight excluding hydrogens is 330 g/mol. The van der Waals surface area contributed by atoms with Gasteiger partial charge in [0.1, 0.15) is 12.7 Å². The summed E-state index contributed by atoms with van der Waals surface area (Å²) in [6.07, 6.45) is 1.18. The van der Waals surface area contributed by atoms with Crippen LogP contribution in [-0.2, 0) is 14.9 Å². The number of ether oxygens (including phenoxy) is 3. The molecule has 5 nitrogen and oxygen atoms in total. The molecule has 1 atom stereocenters. The van der Waals surface area contributed by atoms with Gasteiger partial charge in [0.25, 0.3) is 0 Å². The maximum atomic E-state index is 13.1. The summed E-state index contributed by atoms with van der Waals surface area (Å²) in [4.78, 5) is 13.1. The average molecular weight is 353 g/mol. The highest BCUT2D eigenvalue weighted by atomic mass is 16.6. The molecule has 0 unspecified atom stereocenters. The number of hydrogen-bond acceptors (Lipinski definition) is 4. The monoisotopic (exact) mass is 353 g/mol. The molecule has 1 fully saturated rings. The molecule has 0 saturated carbocycles. The van der Waals surface area contributed by atoms with Crippen LogP contribution >= 0.6 is 0 Å². The molecule has 0 radical (unpaired) electrons. The molecule has 2 aliphatic heterocycles. The van der Waals surface area contributed by atoms with Gasteiger partial charge in [-0.25, -0.2) is 0 Å². The van der Waals surface area contributed by atoms with Crippen molar-refractivity contribution in [3.8, 4) is 11.5 Å². The van der Waals surface area contributed by atoms with E-state index in [1.807, 2.05) is 54.6 Å². The summed E-state index contributed by atoms with van der Waals surface area (Å²) < 4.78 is 17.2. The van der Waals surface area contributed by atoms with Gasteiger partial charge < -0.3 is 19.5 Å². The van der Waals surface area contributed by atoms with Gasteiger partial charge >= 0.3 is 0 Å². The summed E-state index contributed by atoms with van der Waals surface area (Å²) in [5.41, 5.74) is 0.513. The lowest BCUT2D eigenvalue weighted by Gasteiger charge is -2.37. The van der Waals surface area contributed by atoms with Crippen LogP contribution < -0.4 is 14.8 Å². The molecule has 0 aliphatic carbocycles. The lowest BCUT2D eigenvalue weighted by Crippen LogP contribution is -2.51. The predicted molar refractivity (Wildman–Crippen MR) is 97.5 cm³/mol. The lowest BCUT2D eigenvalue weighted by molar-refractivity contribution is -0.131. The second-order valence-corrected chi connectivity index (χ2v) is 6.77. The first kappa shape index (κ1) is 16.9. The average Bonchev–Trinajstić information content (AvgIpc) is 2.73. The summed E-state index contributed by atoms with van der Waals surface area (Å²) in [6, 6.07) is 17.6. The van der Waals surface area contributed by atoms with Gasteiger partial charge in [0, 0.05) is 13.2 Å². The fourth-order valence-corrected chi connectivity index (χ4v) is 3.66. The van der Waals surface area contributed by atoms with Crippen molar-refractivity contribution in [3.63, 3.8) is 0 Å². The van der Waals surface area contributed by atoms with E-state index in [0.29, 0.717) is 39.2 Å². The summed E-state index contributed by atoms with van der Waals surface area (Å²) >= 11 is 0. The smallest absolute Gasteiger partial charge is 0.230 e. The van der Waals surface area contributed by atoms with Gasteiger partial charge in [-0.3, -0.25) is 4.79 Å². The first-order chi connectivity index (χ1) is 12.8.